The van der Waals surface area contributed by atoms with Crippen LogP contribution in [0.15, 0.2) is 24.4 Å². The highest BCUT2D eigenvalue weighted by Crippen LogP contribution is 2.29. The minimum atomic E-state index is -0.809. The minimum Gasteiger partial charge on any atom is -0.497 e. The number of aryl methyl sites for hydroxylation is 1. The van der Waals surface area contributed by atoms with Gasteiger partial charge in [0.15, 0.2) is 0 Å². The van der Waals surface area contributed by atoms with Crippen molar-refractivity contribution < 1.29 is 9.84 Å². The van der Waals surface area contributed by atoms with Crippen LogP contribution in [-0.2, 0) is 13.0 Å². The van der Waals surface area contributed by atoms with Gasteiger partial charge in [0.25, 0.3) is 0 Å². The molecule has 1 N–H and O–H groups in total. The van der Waals surface area contributed by atoms with Gasteiger partial charge in [0.05, 0.1) is 36.5 Å². The predicted molar refractivity (Wildman–Crippen MR) is 96.5 cm³/mol. The third-order valence-electron chi connectivity index (χ3n) is 4.16. The monoisotopic (exact) mass is 327 g/mol. The van der Waals surface area contributed by atoms with Gasteiger partial charge in [-0.2, -0.15) is 0 Å². The van der Waals surface area contributed by atoms with Crippen LogP contribution in [0.3, 0.4) is 0 Å². The molecule has 5 heteroatoms. The van der Waals surface area contributed by atoms with Gasteiger partial charge in [-0.1, -0.05) is 13.3 Å². The Morgan fingerprint density at radius 2 is 2.04 bits per heavy atom. The van der Waals surface area contributed by atoms with E-state index in [-0.39, 0.29) is 0 Å². The van der Waals surface area contributed by atoms with Gasteiger partial charge in [-0.3, -0.25) is 4.98 Å². The highest BCUT2D eigenvalue weighted by atomic mass is 16.5. The lowest BCUT2D eigenvalue weighted by Gasteiger charge is -2.20. The Hall–Kier alpha value is -2.14. The first-order chi connectivity index (χ1) is 11.4. The number of aliphatic hydroxyl groups is 1. The Balaban J connectivity index is 2.25. The molecular formula is C19H25N3O2. The second-order valence-corrected chi connectivity index (χ2v) is 6.91. The van der Waals surface area contributed by atoms with E-state index in [4.69, 9.17) is 9.72 Å². The van der Waals surface area contributed by atoms with Crippen molar-refractivity contribution in [2.24, 2.45) is 0 Å². The molecule has 24 heavy (non-hydrogen) atoms. The first-order valence-electron chi connectivity index (χ1n) is 8.47. The molecule has 0 fully saturated rings. The maximum atomic E-state index is 10.4. The van der Waals surface area contributed by atoms with Crippen LogP contribution in [-0.4, -0.2) is 32.4 Å². The molecule has 0 radical (unpaired) electrons. The molecule has 0 saturated heterocycles. The van der Waals surface area contributed by atoms with Crippen LogP contribution in [0.1, 0.15) is 39.4 Å². The third kappa shape index (κ3) is 3.22. The first-order valence-corrected chi connectivity index (χ1v) is 8.47. The summed E-state index contributed by atoms with van der Waals surface area (Å²) in [7, 11) is 1.65. The summed E-state index contributed by atoms with van der Waals surface area (Å²) in [6, 6.07) is 5.90. The summed E-state index contributed by atoms with van der Waals surface area (Å²) in [4.78, 5) is 9.32. The highest BCUT2D eigenvalue weighted by molar-refractivity contribution is 6.02. The number of ether oxygens (including phenoxy) is 1. The van der Waals surface area contributed by atoms with E-state index in [9.17, 15) is 5.11 Å². The number of pyridine rings is 1. The van der Waals surface area contributed by atoms with E-state index in [1.54, 1.807) is 7.11 Å². The molecular weight excluding hydrogens is 302 g/mol. The Labute approximate surface area is 142 Å². The van der Waals surface area contributed by atoms with Gasteiger partial charge >= 0.3 is 0 Å². The normalized spacial score (nSPS) is 12.2. The quantitative estimate of drug-likeness (QED) is 0.750. The van der Waals surface area contributed by atoms with Gasteiger partial charge in [0.1, 0.15) is 17.1 Å². The molecule has 2 heterocycles. The zero-order valence-electron chi connectivity index (χ0n) is 14.8. The molecule has 3 rings (SSSR count). The summed E-state index contributed by atoms with van der Waals surface area (Å²) < 4.78 is 7.46. The Kier molecular flexibility index (Phi) is 4.45. The number of methoxy groups -OCH3 is 1. The highest BCUT2D eigenvalue weighted by Gasteiger charge is 2.20. The number of unbranched alkanes of at least 4 members (excludes halogenated alkanes) is 1. The van der Waals surface area contributed by atoms with Crippen molar-refractivity contribution in [1.82, 2.24) is 14.5 Å². The average Bonchev–Trinajstić information content (AvgIpc) is 2.88. The smallest absolute Gasteiger partial charge is 0.121 e. The first kappa shape index (κ1) is 16.7. The summed E-state index contributed by atoms with van der Waals surface area (Å²) >= 11 is 0. The van der Waals surface area contributed by atoms with Crippen LogP contribution in [0, 0.1) is 0 Å². The summed E-state index contributed by atoms with van der Waals surface area (Å²) in [6.45, 7) is 6.34. The van der Waals surface area contributed by atoms with Crippen molar-refractivity contribution in [2.75, 3.05) is 7.11 Å². The molecule has 0 unspecified atom stereocenters. The average molecular weight is 327 g/mol. The fraction of sp³-hybridized carbons (Fsp3) is 0.474. The van der Waals surface area contributed by atoms with Crippen LogP contribution < -0.4 is 4.74 Å². The van der Waals surface area contributed by atoms with Crippen LogP contribution >= 0.6 is 0 Å². The van der Waals surface area contributed by atoms with Crippen LogP contribution in [0.25, 0.3) is 21.9 Å². The van der Waals surface area contributed by atoms with Crippen molar-refractivity contribution in [2.45, 2.75) is 52.2 Å². The molecule has 1 aromatic carbocycles. The van der Waals surface area contributed by atoms with Crippen LogP contribution in [0.2, 0.25) is 0 Å². The van der Waals surface area contributed by atoms with Gasteiger partial charge in [-0.25, -0.2) is 4.98 Å². The van der Waals surface area contributed by atoms with Gasteiger partial charge in [0.2, 0.25) is 0 Å². The van der Waals surface area contributed by atoms with Crippen molar-refractivity contribution in [3.8, 4) is 5.75 Å². The zero-order valence-corrected chi connectivity index (χ0v) is 14.8. The number of hydrogen-bond acceptors (Lipinski definition) is 4. The number of imidazole rings is 1. The molecule has 5 nitrogen and oxygen atoms in total. The molecule has 0 amide bonds. The van der Waals surface area contributed by atoms with Crippen LogP contribution in [0.4, 0.5) is 0 Å². The molecule has 0 saturated carbocycles. The molecule has 0 aliphatic heterocycles. The second-order valence-electron chi connectivity index (χ2n) is 6.91. The van der Waals surface area contributed by atoms with Crippen LogP contribution in [0.5, 0.6) is 5.75 Å². The third-order valence-corrected chi connectivity index (χ3v) is 4.16. The summed E-state index contributed by atoms with van der Waals surface area (Å²) in [5.74, 6) is 1.80. The molecule has 0 bridgehead atoms. The summed E-state index contributed by atoms with van der Waals surface area (Å²) in [5.41, 5.74) is 1.98. The molecule has 128 valence electrons. The summed E-state index contributed by atoms with van der Waals surface area (Å²) in [5, 5.41) is 11.4. The number of nitrogens with zero attached hydrogens (tertiary/aromatic N) is 3. The molecule has 2 aromatic heterocycles. The van der Waals surface area contributed by atoms with Gasteiger partial charge in [0, 0.05) is 17.9 Å². The predicted octanol–water partition coefficient (Wildman–Crippen LogP) is 3.71. The second kappa shape index (κ2) is 6.40. The number of benzene rings is 1. The maximum Gasteiger partial charge on any atom is 0.121 e. The Morgan fingerprint density at radius 3 is 2.71 bits per heavy atom. The molecule has 0 aliphatic carbocycles. The molecule has 0 aliphatic rings. The zero-order chi connectivity index (χ0) is 17.3. The van der Waals surface area contributed by atoms with Gasteiger partial charge in [-0.15, -0.1) is 0 Å². The maximum absolute atomic E-state index is 10.4. The van der Waals surface area contributed by atoms with Crippen molar-refractivity contribution in [1.29, 1.82) is 0 Å². The lowest BCUT2D eigenvalue weighted by molar-refractivity contribution is 0.0618. The standard InChI is InChI=1S/C19H25N3O2/c1-5-6-7-17-21-16-11-20-15-10-13(24-4)8-9-14(15)18(16)22(17)12-19(2,3)23/h8-11,23H,5-7,12H2,1-4H3. The van der Waals surface area contributed by atoms with E-state index in [0.29, 0.717) is 6.54 Å². The van der Waals surface area contributed by atoms with Gasteiger partial charge < -0.3 is 14.4 Å². The van der Waals surface area contributed by atoms with E-state index < -0.39 is 5.60 Å². The Bertz CT molecular complexity index is 862. The number of fused-ring (bicyclic) bond motifs is 3. The topological polar surface area (TPSA) is 60.2 Å². The number of aromatic nitrogens is 3. The van der Waals surface area contributed by atoms with E-state index in [0.717, 1.165) is 52.8 Å². The van der Waals surface area contributed by atoms with E-state index >= 15 is 0 Å². The molecule has 0 spiro atoms. The minimum absolute atomic E-state index is 0.508. The summed E-state index contributed by atoms with van der Waals surface area (Å²) in [6.07, 6.45) is 4.91. The fourth-order valence-corrected chi connectivity index (χ4v) is 3.05. The van der Waals surface area contributed by atoms with E-state index in [1.165, 1.54) is 0 Å². The van der Waals surface area contributed by atoms with E-state index in [1.807, 2.05) is 38.2 Å². The number of hydrogen-bond donors (Lipinski definition) is 1. The lowest BCUT2D eigenvalue weighted by Crippen LogP contribution is -2.27. The largest absolute Gasteiger partial charge is 0.497 e. The Morgan fingerprint density at radius 1 is 1.25 bits per heavy atom. The van der Waals surface area contributed by atoms with Crippen molar-refractivity contribution >= 4 is 21.9 Å². The van der Waals surface area contributed by atoms with Crippen molar-refractivity contribution in [3.05, 3.63) is 30.2 Å². The van der Waals surface area contributed by atoms with Crippen molar-refractivity contribution in [3.63, 3.8) is 0 Å². The van der Waals surface area contributed by atoms with Gasteiger partial charge in [-0.05, 0) is 32.4 Å². The SMILES string of the molecule is CCCCc1nc2cnc3cc(OC)ccc3c2n1CC(C)(C)O. The lowest BCUT2D eigenvalue weighted by atomic mass is 10.1. The molecule has 0 atom stereocenters. The molecule has 3 aromatic rings. The number of rotatable bonds is 6. The fourth-order valence-electron chi connectivity index (χ4n) is 3.05. The van der Waals surface area contributed by atoms with E-state index in [2.05, 4.69) is 16.5 Å².